The van der Waals surface area contributed by atoms with Gasteiger partial charge in [-0.25, -0.2) is 0 Å². The highest BCUT2D eigenvalue weighted by atomic mass is 15.0. The van der Waals surface area contributed by atoms with Crippen molar-refractivity contribution in [2.45, 2.75) is 6.92 Å². The first-order valence-electron chi connectivity index (χ1n) is 2.98. The molecule has 0 aliphatic rings. The molecule has 0 amide bonds. The third-order valence-corrected chi connectivity index (χ3v) is 1.44. The summed E-state index contributed by atoms with van der Waals surface area (Å²) in [6, 6.07) is 4.07. The van der Waals surface area contributed by atoms with Crippen LogP contribution in [0.3, 0.4) is 0 Å². The molecule has 0 atom stereocenters. The third-order valence-electron chi connectivity index (χ3n) is 1.44. The molecule has 0 fully saturated rings. The number of nitrogens with zero attached hydrogens (tertiary/aromatic N) is 1. The predicted molar refractivity (Wildman–Crippen MR) is 36.5 cm³/mol. The smallest absolute Gasteiger partial charge is 0.114 e. The molecule has 2 rings (SSSR count). The molecule has 0 aliphatic heterocycles. The van der Waals surface area contributed by atoms with Crippen molar-refractivity contribution < 1.29 is 0 Å². The van der Waals surface area contributed by atoms with Gasteiger partial charge in [-0.1, -0.05) is 0 Å². The van der Waals surface area contributed by atoms with Crippen LogP contribution in [0.15, 0.2) is 24.5 Å². The molecule has 0 spiro atoms. The van der Waals surface area contributed by atoms with Gasteiger partial charge < -0.3 is 9.38 Å². The molecular formula is C7H8N2. The molecule has 46 valence electrons. The number of aromatic amines is 1. The Morgan fingerprint density at radius 2 is 2.44 bits per heavy atom. The van der Waals surface area contributed by atoms with E-state index in [1.54, 1.807) is 0 Å². The molecule has 0 aliphatic carbocycles. The van der Waals surface area contributed by atoms with Crippen molar-refractivity contribution in [2.75, 3.05) is 0 Å². The molecule has 2 aromatic heterocycles. The van der Waals surface area contributed by atoms with E-state index in [-0.39, 0.29) is 0 Å². The summed E-state index contributed by atoms with van der Waals surface area (Å²) in [6.45, 7) is 2.05. The lowest BCUT2D eigenvalue weighted by molar-refractivity contribution is 1.22. The Labute approximate surface area is 53.1 Å². The van der Waals surface area contributed by atoms with E-state index in [1.807, 2.05) is 25.3 Å². The zero-order valence-electron chi connectivity index (χ0n) is 5.26. The van der Waals surface area contributed by atoms with Crippen molar-refractivity contribution in [3.8, 4) is 0 Å². The van der Waals surface area contributed by atoms with E-state index in [0.29, 0.717) is 0 Å². The molecule has 0 unspecified atom stereocenters. The summed E-state index contributed by atoms with van der Waals surface area (Å²) in [7, 11) is 0. The summed E-state index contributed by atoms with van der Waals surface area (Å²) < 4.78 is 2.06. The standard InChI is InChI=1S/C7H8N2/c1-6-5-9-4-2-3-7(9)8-6/h2-5,8H,1H3. The zero-order valence-corrected chi connectivity index (χ0v) is 5.26. The lowest BCUT2D eigenvalue weighted by Crippen LogP contribution is -1.67. The van der Waals surface area contributed by atoms with E-state index < -0.39 is 0 Å². The number of nitrogens with one attached hydrogen (secondary N) is 1. The summed E-state index contributed by atoms with van der Waals surface area (Å²) in [6.07, 6.45) is 4.09. The second kappa shape index (κ2) is 1.41. The van der Waals surface area contributed by atoms with Crippen molar-refractivity contribution in [3.05, 3.63) is 30.2 Å². The van der Waals surface area contributed by atoms with Crippen molar-refractivity contribution >= 4 is 5.65 Å². The van der Waals surface area contributed by atoms with E-state index in [0.717, 1.165) is 5.65 Å². The Hall–Kier alpha value is -1.18. The second-order valence-electron chi connectivity index (χ2n) is 2.24. The van der Waals surface area contributed by atoms with Crippen molar-refractivity contribution in [1.29, 1.82) is 0 Å². The number of hydrogen-bond acceptors (Lipinski definition) is 0. The maximum atomic E-state index is 3.20. The number of fused-ring (bicyclic) bond motifs is 1. The minimum Gasteiger partial charge on any atom is -0.344 e. The van der Waals surface area contributed by atoms with Crippen LogP contribution in [-0.2, 0) is 0 Å². The number of hydrogen-bond donors (Lipinski definition) is 1. The normalized spacial score (nSPS) is 10.8. The summed E-state index contributed by atoms with van der Waals surface area (Å²) in [5, 5.41) is 0. The van der Waals surface area contributed by atoms with E-state index >= 15 is 0 Å². The highest BCUT2D eigenvalue weighted by molar-refractivity contribution is 5.40. The molecule has 2 aromatic rings. The molecule has 2 nitrogen and oxygen atoms in total. The first-order valence-corrected chi connectivity index (χ1v) is 2.98. The molecular weight excluding hydrogens is 112 g/mol. The SMILES string of the molecule is Cc1cn2cccc2[nH]1. The van der Waals surface area contributed by atoms with Gasteiger partial charge in [0.15, 0.2) is 0 Å². The number of aromatic nitrogens is 2. The van der Waals surface area contributed by atoms with Crippen LogP contribution < -0.4 is 0 Å². The van der Waals surface area contributed by atoms with E-state index in [2.05, 4.69) is 15.6 Å². The van der Waals surface area contributed by atoms with Gasteiger partial charge in [-0.2, -0.15) is 0 Å². The fraction of sp³-hybridized carbons (Fsp3) is 0.143. The Kier molecular flexibility index (Phi) is 0.730. The Balaban J connectivity index is 2.92. The number of H-pyrrole nitrogens is 1. The van der Waals surface area contributed by atoms with E-state index in [9.17, 15) is 0 Å². The maximum Gasteiger partial charge on any atom is 0.114 e. The number of rotatable bonds is 0. The molecule has 9 heavy (non-hydrogen) atoms. The predicted octanol–water partition coefficient (Wildman–Crippen LogP) is 1.58. The molecule has 0 radical (unpaired) electrons. The Morgan fingerprint density at radius 3 is 3.22 bits per heavy atom. The van der Waals surface area contributed by atoms with Gasteiger partial charge in [-0.3, -0.25) is 0 Å². The molecule has 2 heteroatoms. The quantitative estimate of drug-likeness (QED) is 0.544. The minimum atomic E-state index is 1.16. The number of imidazole rings is 1. The first kappa shape index (κ1) is 4.68. The van der Waals surface area contributed by atoms with Gasteiger partial charge in [0.2, 0.25) is 0 Å². The van der Waals surface area contributed by atoms with Gasteiger partial charge in [-0.05, 0) is 19.1 Å². The van der Waals surface area contributed by atoms with Gasteiger partial charge in [-0.15, -0.1) is 0 Å². The zero-order chi connectivity index (χ0) is 6.27. The molecule has 0 saturated carbocycles. The lowest BCUT2D eigenvalue weighted by Gasteiger charge is -1.74. The summed E-state index contributed by atoms with van der Waals surface area (Å²) in [5.41, 5.74) is 2.36. The summed E-state index contributed by atoms with van der Waals surface area (Å²) in [4.78, 5) is 3.20. The summed E-state index contributed by atoms with van der Waals surface area (Å²) in [5.74, 6) is 0. The van der Waals surface area contributed by atoms with Crippen LogP contribution in [-0.4, -0.2) is 9.38 Å². The average molecular weight is 120 g/mol. The van der Waals surface area contributed by atoms with Gasteiger partial charge >= 0.3 is 0 Å². The second-order valence-corrected chi connectivity index (χ2v) is 2.24. The number of aryl methyl sites for hydroxylation is 1. The monoisotopic (exact) mass is 120 g/mol. The first-order chi connectivity index (χ1) is 4.36. The highest BCUT2D eigenvalue weighted by Crippen LogP contribution is 2.02. The maximum absolute atomic E-state index is 3.20. The van der Waals surface area contributed by atoms with Crippen LogP contribution in [0.1, 0.15) is 5.69 Å². The van der Waals surface area contributed by atoms with Crippen LogP contribution in [0.4, 0.5) is 0 Å². The minimum absolute atomic E-state index is 1.16. The molecule has 0 saturated heterocycles. The Morgan fingerprint density at radius 1 is 1.56 bits per heavy atom. The van der Waals surface area contributed by atoms with Crippen molar-refractivity contribution in [2.24, 2.45) is 0 Å². The summed E-state index contributed by atoms with van der Waals surface area (Å²) >= 11 is 0. The fourth-order valence-electron chi connectivity index (χ4n) is 1.05. The average Bonchev–Trinajstić information content (AvgIpc) is 2.22. The third kappa shape index (κ3) is 0.560. The van der Waals surface area contributed by atoms with Gasteiger partial charge in [0.1, 0.15) is 5.65 Å². The van der Waals surface area contributed by atoms with Gasteiger partial charge in [0.05, 0.1) is 0 Å². The molecule has 0 bridgehead atoms. The van der Waals surface area contributed by atoms with Crippen LogP contribution >= 0.6 is 0 Å². The van der Waals surface area contributed by atoms with Gasteiger partial charge in [0, 0.05) is 18.1 Å². The highest BCUT2D eigenvalue weighted by Gasteiger charge is 1.91. The largest absolute Gasteiger partial charge is 0.344 e. The fourth-order valence-corrected chi connectivity index (χ4v) is 1.05. The van der Waals surface area contributed by atoms with Crippen LogP contribution in [0.25, 0.3) is 5.65 Å². The topological polar surface area (TPSA) is 20.2 Å². The van der Waals surface area contributed by atoms with Crippen LogP contribution in [0.5, 0.6) is 0 Å². The van der Waals surface area contributed by atoms with Crippen LogP contribution in [0, 0.1) is 6.92 Å². The van der Waals surface area contributed by atoms with E-state index in [1.165, 1.54) is 5.69 Å². The Bertz CT molecular complexity index is 288. The van der Waals surface area contributed by atoms with Crippen molar-refractivity contribution in [3.63, 3.8) is 0 Å². The van der Waals surface area contributed by atoms with Crippen molar-refractivity contribution in [1.82, 2.24) is 9.38 Å². The molecule has 1 N–H and O–H groups in total. The van der Waals surface area contributed by atoms with E-state index in [4.69, 9.17) is 0 Å². The van der Waals surface area contributed by atoms with Crippen LogP contribution in [0.2, 0.25) is 0 Å². The molecule has 0 aromatic carbocycles. The molecule has 2 heterocycles. The lowest BCUT2D eigenvalue weighted by atomic mass is 10.6. The van der Waals surface area contributed by atoms with Gasteiger partial charge in [0.25, 0.3) is 0 Å².